The first-order valence-corrected chi connectivity index (χ1v) is 6.08. The van der Waals surface area contributed by atoms with E-state index in [0.29, 0.717) is 5.57 Å². The molecule has 84 valence electrons. The minimum absolute atomic E-state index is 0.146. The summed E-state index contributed by atoms with van der Waals surface area (Å²) in [4.78, 5) is 0.737. The third-order valence-corrected chi connectivity index (χ3v) is 3.49. The molecule has 0 spiro atoms. The monoisotopic (exact) mass is 263 g/mol. The molecule has 0 atom stereocenters. The van der Waals surface area contributed by atoms with E-state index in [9.17, 15) is 4.39 Å². The Morgan fingerprint density at radius 3 is 2.59 bits per heavy atom. The normalized spacial score (nSPS) is 11.8. The van der Waals surface area contributed by atoms with Crippen molar-refractivity contribution in [2.24, 2.45) is 0 Å². The van der Waals surface area contributed by atoms with Crippen LogP contribution in [0.1, 0.15) is 10.4 Å². The molecule has 2 aromatic rings. The van der Waals surface area contributed by atoms with Crippen LogP contribution in [-0.2, 0) is 0 Å². The molecule has 0 aliphatic rings. The highest BCUT2D eigenvalue weighted by atomic mass is 35.5. The average molecular weight is 264 g/mol. The molecule has 0 bridgehead atoms. The van der Waals surface area contributed by atoms with Gasteiger partial charge in [-0.15, -0.1) is 11.3 Å². The number of allylic oxidation sites excluding steroid dienone is 1. The lowest BCUT2D eigenvalue weighted by molar-refractivity contribution is 0.625. The van der Waals surface area contributed by atoms with Crippen LogP contribution in [0.5, 0.6) is 0 Å². The summed E-state index contributed by atoms with van der Waals surface area (Å²) in [6, 6.07) is 11.8. The van der Waals surface area contributed by atoms with Gasteiger partial charge in [0.15, 0.2) is 0 Å². The highest BCUT2D eigenvalue weighted by Crippen LogP contribution is 2.32. The van der Waals surface area contributed by atoms with Crippen molar-refractivity contribution in [3.63, 3.8) is 0 Å². The Balaban J connectivity index is 2.58. The van der Waals surface area contributed by atoms with Gasteiger partial charge in [-0.1, -0.05) is 35.9 Å². The number of rotatable bonds is 2. The summed E-state index contributed by atoms with van der Waals surface area (Å²) in [6.07, 6.45) is 0. The van der Waals surface area contributed by atoms with E-state index in [1.54, 1.807) is 24.3 Å². The maximum Gasteiger partial charge on any atom is 0.131 e. The molecule has 0 N–H and O–H groups in total. The van der Waals surface area contributed by atoms with E-state index in [0.717, 1.165) is 4.88 Å². The smallest absolute Gasteiger partial charge is 0.131 e. The number of benzene rings is 1. The lowest BCUT2D eigenvalue weighted by Crippen LogP contribution is -1.87. The van der Waals surface area contributed by atoms with Crippen molar-refractivity contribution in [2.75, 3.05) is 0 Å². The first-order chi connectivity index (χ1) is 8.24. The minimum Gasteiger partial charge on any atom is -0.206 e. The van der Waals surface area contributed by atoms with Crippen molar-refractivity contribution in [1.29, 1.82) is 5.26 Å². The molecule has 0 radical (unpaired) electrons. The molecule has 4 heteroatoms. The molecule has 0 unspecified atom stereocenters. The number of hydrogen-bond acceptors (Lipinski definition) is 2. The first kappa shape index (κ1) is 11.8. The zero-order chi connectivity index (χ0) is 12.3. The largest absolute Gasteiger partial charge is 0.206 e. The fourth-order valence-corrected chi connectivity index (χ4v) is 2.49. The van der Waals surface area contributed by atoms with Crippen LogP contribution in [0.3, 0.4) is 0 Å². The lowest BCUT2D eigenvalue weighted by atomic mass is 10.1. The van der Waals surface area contributed by atoms with Gasteiger partial charge in [0.2, 0.25) is 0 Å². The first-order valence-electron chi connectivity index (χ1n) is 4.82. The van der Waals surface area contributed by atoms with Gasteiger partial charge in [-0.2, -0.15) is 5.26 Å². The van der Waals surface area contributed by atoms with Gasteiger partial charge in [-0.05, 0) is 17.5 Å². The molecule has 0 amide bonds. The highest BCUT2D eigenvalue weighted by Gasteiger charge is 2.13. The Morgan fingerprint density at radius 2 is 2.00 bits per heavy atom. The number of hydrogen-bond donors (Lipinski definition) is 0. The standard InChI is InChI=1S/C13H7ClFNS/c14-13(9-4-1-2-5-11(9)15)10(8-16)12-6-3-7-17-12/h1-7H. The number of nitrogens with zero attached hydrogens (tertiary/aromatic N) is 1. The third-order valence-electron chi connectivity index (χ3n) is 2.21. The minimum atomic E-state index is -0.429. The number of nitriles is 1. The van der Waals surface area contributed by atoms with Gasteiger partial charge >= 0.3 is 0 Å². The predicted molar refractivity (Wildman–Crippen MR) is 69.0 cm³/mol. The topological polar surface area (TPSA) is 23.8 Å². The van der Waals surface area contributed by atoms with E-state index in [-0.39, 0.29) is 10.6 Å². The zero-order valence-corrected chi connectivity index (χ0v) is 10.2. The molecular weight excluding hydrogens is 257 g/mol. The third kappa shape index (κ3) is 2.38. The summed E-state index contributed by atoms with van der Waals surface area (Å²) < 4.78 is 13.6. The van der Waals surface area contributed by atoms with E-state index in [1.165, 1.54) is 17.4 Å². The lowest BCUT2D eigenvalue weighted by Gasteiger charge is -2.03. The Hall–Kier alpha value is -1.63. The molecule has 0 aliphatic heterocycles. The van der Waals surface area contributed by atoms with Crippen LogP contribution in [0.25, 0.3) is 10.6 Å². The Kier molecular flexibility index (Phi) is 3.58. The maximum atomic E-state index is 13.6. The molecule has 1 heterocycles. The van der Waals surface area contributed by atoms with E-state index in [4.69, 9.17) is 16.9 Å². The summed E-state index contributed by atoms with van der Waals surface area (Å²) in [7, 11) is 0. The van der Waals surface area contributed by atoms with Gasteiger partial charge in [0.1, 0.15) is 11.9 Å². The summed E-state index contributed by atoms with van der Waals surface area (Å²) in [5, 5.41) is 11.1. The Morgan fingerprint density at radius 1 is 1.24 bits per heavy atom. The van der Waals surface area contributed by atoms with E-state index in [2.05, 4.69) is 0 Å². The molecule has 1 aromatic heterocycles. The van der Waals surface area contributed by atoms with Crippen LogP contribution >= 0.6 is 22.9 Å². The second-order valence-electron chi connectivity index (χ2n) is 3.26. The zero-order valence-electron chi connectivity index (χ0n) is 8.65. The average Bonchev–Trinajstić information content (AvgIpc) is 2.84. The molecule has 17 heavy (non-hydrogen) atoms. The van der Waals surface area contributed by atoms with Gasteiger partial charge in [-0.25, -0.2) is 4.39 Å². The van der Waals surface area contributed by atoms with Gasteiger partial charge in [0, 0.05) is 10.4 Å². The van der Waals surface area contributed by atoms with Crippen LogP contribution in [0.4, 0.5) is 4.39 Å². The van der Waals surface area contributed by atoms with Crippen molar-refractivity contribution in [2.45, 2.75) is 0 Å². The van der Waals surface area contributed by atoms with Crippen molar-refractivity contribution in [3.05, 3.63) is 58.0 Å². The molecule has 0 aliphatic carbocycles. The van der Waals surface area contributed by atoms with Gasteiger partial charge in [-0.3, -0.25) is 0 Å². The molecule has 1 aromatic carbocycles. The molecule has 1 nitrogen and oxygen atoms in total. The van der Waals surface area contributed by atoms with Crippen LogP contribution in [0.15, 0.2) is 41.8 Å². The SMILES string of the molecule is N#CC(=C(Cl)c1ccccc1F)c1cccs1. The van der Waals surface area contributed by atoms with Crippen LogP contribution in [-0.4, -0.2) is 0 Å². The Labute approximate surface area is 107 Å². The van der Waals surface area contributed by atoms with Crippen molar-refractivity contribution >= 4 is 33.5 Å². The van der Waals surface area contributed by atoms with Crippen LogP contribution in [0.2, 0.25) is 0 Å². The molecule has 0 fully saturated rings. The molecule has 0 saturated carbocycles. The highest BCUT2D eigenvalue weighted by molar-refractivity contribution is 7.11. The maximum absolute atomic E-state index is 13.6. The second kappa shape index (κ2) is 5.13. The van der Waals surface area contributed by atoms with Crippen molar-refractivity contribution in [1.82, 2.24) is 0 Å². The molecular formula is C13H7ClFNS. The van der Waals surface area contributed by atoms with Gasteiger partial charge in [0.25, 0.3) is 0 Å². The summed E-state index contributed by atoms with van der Waals surface area (Å²) >= 11 is 7.49. The predicted octanol–water partition coefficient (Wildman–Crippen LogP) is 4.52. The Bertz CT molecular complexity index is 596. The van der Waals surface area contributed by atoms with E-state index < -0.39 is 5.82 Å². The van der Waals surface area contributed by atoms with Crippen LogP contribution in [0, 0.1) is 17.1 Å². The van der Waals surface area contributed by atoms with Gasteiger partial charge in [0.05, 0.1) is 10.6 Å². The van der Waals surface area contributed by atoms with Gasteiger partial charge < -0.3 is 0 Å². The van der Waals surface area contributed by atoms with Crippen molar-refractivity contribution < 1.29 is 4.39 Å². The quantitative estimate of drug-likeness (QED) is 0.731. The fraction of sp³-hybridized carbons (Fsp3) is 0. The number of thiophene rings is 1. The number of halogens is 2. The van der Waals surface area contributed by atoms with E-state index in [1.807, 2.05) is 17.5 Å². The van der Waals surface area contributed by atoms with E-state index >= 15 is 0 Å². The summed E-state index contributed by atoms with van der Waals surface area (Å²) in [5.41, 5.74) is 0.547. The van der Waals surface area contributed by atoms with Crippen molar-refractivity contribution in [3.8, 4) is 6.07 Å². The second-order valence-corrected chi connectivity index (χ2v) is 4.58. The molecule has 0 saturated heterocycles. The molecule has 2 rings (SSSR count). The summed E-state index contributed by atoms with van der Waals surface area (Å²) in [6.45, 7) is 0. The fourth-order valence-electron chi connectivity index (χ4n) is 1.41. The van der Waals surface area contributed by atoms with Crippen LogP contribution < -0.4 is 0 Å². The summed E-state index contributed by atoms with van der Waals surface area (Å²) in [5.74, 6) is -0.429.